The van der Waals surface area contributed by atoms with E-state index in [1.807, 2.05) is 36.4 Å². The number of allylic oxidation sites excluding steroid dienone is 1. The summed E-state index contributed by atoms with van der Waals surface area (Å²) in [5.74, 6) is 0.501. The first-order valence-electron chi connectivity index (χ1n) is 7.43. The Balaban J connectivity index is 1.91. The van der Waals surface area contributed by atoms with E-state index in [4.69, 9.17) is 4.99 Å². The lowest BCUT2D eigenvalue weighted by Gasteiger charge is -2.26. The van der Waals surface area contributed by atoms with Gasteiger partial charge in [0.2, 0.25) is 0 Å². The van der Waals surface area contributed by atoms with E-state index in [-0.39, 0.29) is 11.5 Å². The number of phenolic OH excluding ortho intramolecular Hbond substituents is 2. The molecule has 0 spiro atoms. The van der Waals surface area contributed by atoms with Crippen molar-refractivity contribution in [3.8, 4) is 11.5 Å². The van der Waals surface area contributed by atoms with Gasteiger partial charge in [-0.2, -0.15) is 0 Å². The van der Waals surface area contributed by atoms with Crippen LogP contribution >= 0.6 is 0 Å². The van der Waals surface area contributed by atoms with E-state index in [1.165, 1.54) is 0 Å². The van der Waals surface area contributed by atoms with E-state index in [1.54, 1.807) is 30.5 Å². The molecule has 0 aromatic heterocycles. The van der Waals surface area contributed by atoms with Gasteiger partial charge in [-0.05, 0) is 64.4 Å². The van der Waals surface area contributed by atoms with E-state index in [0.717, 1.165) is 21.9 Å². The molecule has 0 saturated heterocycles. The molecule has 0 fully saturated rings. The van der Waals surface area contributed by atoms with Crippen LogP contribution in [0.3, 0.4) is 0 Å². The summed E-state index contributed by atoms with van der Waals surface area (Å²) in [7, 11) is 0. The van der Waals surface area contributed by atoms with Gasteiger partial charge >= 0.3 is 0 Å². The number of benzene rings is 3. The maximum absolute atomic E-state index is 9.61. The Labute approximate surface area is 133 Å². The second kappa shape index (κ2) is 4.99. The van der Waals surface area contributed by atoms with E-state index in [2.05, 4.69) is 12.1 Å². The molecule has 3 aromatic carbocycles. The summed E-state index contributed by atoms with van der Waals surface area (Å²) in [6, 6.07) is 18.6. The van der Waals surface area contributed by atoms with Crippen LogP contribution in [0.2, 0.25) is 0 Å². The number of aliphatic imine (C=N–C) groups is 1. The van der Waals surface area contributed by atoms with Gasteiger partial charge in [0.1, 0.15) is 17.0 Å². The summed E-state index contributed by atoms with van der Waals surface area (Å²) in [6.45, 7) is 0. The van der Waals surface area contributed by atoms with Crippen LogP contribution in [0.25, 0.3) is 10.8 Å². The molecular formula is C20H15NO2. The fourth-order valence-electron chi connectivity index (χ4n) is 3.08. The van der Waals surface area contributed by atoms with Crippen molar-refractivity contribution in [3.05, 3.63) is 83.9 Å². The van der Waals surface area contributed by atoms with Crippen molar-refractivity contribution < 1.29 is 10.2 Å². The van der Waals surface area contributed by atoms with Crippen LogP contribution in [-0.2, 0) is 5.54 Å². The van der Waals surface area contributed by atoms with Gasteiger partial charge in [0.05, 0.1) is 0 Å². The second-order valence-electron chi connectivity index (χ2n) is 5.70. The first-order valence-corrected chi connectivity index (χ1v) is 7.43. The number of rotatable bonds is 2. The molecule has 1 aliphatic rings. The van der Waals surface area contributed by atoms with Gasteiger partial charge in [-0.3, -0.25) is 4.99 Å². The molecule has 3 aromatic rings. The van der Waals surface area contributed by atoms with E-state index < -0.39 is 5.54 Å². The molecule has 3 nitrogen and oxygen atoms in total. The number of aromatic hydroxyl groups is 2. The minimum absolute atomic E-state index is 0.240. The molecule has 2 N–H and O–H groups in total. The summed E-state index contributed by atoms with van der Waals surface area (Å²) in [6.07, 6.45) is 5.79. The standard InChI is InChI=1S/C20H15NO2/c22-18-8-5-16(6-9-18)20(10-1-11-21-20)17-4-2-15-13-19(23)7-3-14(15)12-17/h1-13,22-23H. The first-order chi connectivity index (χ1) is 11.2. The van der Waals surface area contributed by atoms with Gasteiger partial charge < -0.3 is 10.2 Å². The van der Waals surface area contributed by atoms with Gasteiger partial charge in [-0.1, -0.05) is 30.3 Å². The minimum Gasteiger partial charge on any atom is -0.508 e. The van der Waals surface area contributed by atoms with Crippen LogP contribution in [0.15, 0.2) is 77.8 Å². The molecule has 4 rings (SSSR count). The van der Waals surface area contributed by atoms with E-state index in [0.29, 0.717) is 0 Å². The summed E-state index contributed by atoms with van der Waals surface area (Å²) < 4.78 is 0. The monoisotopic (exact) mass is 301 g/mol. The molecule has 1 heterocycles. The third-order valence-electron chi connectivity index (χ3n) is 4.27. The SMILES string of the molecule is Oc1ccc(C2(c3ccc4cc(O)ccc4c3)C=CC=N2)cc1. The Morgan fingerprint density at radius 1 is 0.696 bits per heavy atom. The average Bonchev–Trinajstić information content (AvgIpc) is 3.06. The Morgan fingerprint density at radius 3 is 2.09 bits per heavy atom. The average molecular weight is 301 g/mol. The predicted molar refractivity (Wildman–Crippen MR) is 92.1 cm³/mol. The number of phenols is 2. The largest absolute Gasteiger partial charge is 0.508 e. The number of hydrogen-bond acceptors (Lipinski definition) is 3. The van der Waals surface area contributed by atoms with E-state index in [9.17, 15) is 10.2 Å². The third-order valence-corrected chi connectivity index (χ3v) is 4.27. The van der Waals surface area contributed by atoms with Crippen molar-refractivity contribution in [1.82, 2.24) is 0 Å². The van der Waals surface area contributed by atoms with Crippen LogP contribution in [-0.4, -0.2) is 16.4 Å². The first kappa shape index (κ1) is 13.6. The molecule has 23 heavy (non-hydrogen) atoms. The maximum Gasteiger partial charge on any atom is 0.129 e. The maximum atomic E-state index is 9.61. The molecule has 112 valence electrons. The molecule has 0 amide bonds. The Kier molecular flexibility index (Phi) is 2.95. The molecule has 0 radical (unpaired) electrons. The highest BCUT2D eigenvalue weighted by atomic mass is 16.3. The van der Waals surface area contributed by atoms with Crippen molar-refractivity contribution in [2.75, 3.05) is 0 Å². The fraction of sp³-hybridized carbons (Fsp3) is 0.0500. The smallest absolute Gasteiger partial charge is 0.129 e. The second-order valence-corrected chi connectivity index (χ2v) is 5.70. The number of nitrogens with zero attached hydrogens (tertiary/aromatic N) is 1. The van der Waals surface area contributed by atoms with Crippen LogP contribution in [0.1, 0.15) is 11.1 Å². The van der Waals surface area contributed by atoms with Crippen molar-refractivity contribution in [1.29, 1.82) is 0 Å². The Morgan fingerprint density at radius 2 is 1.35 bits per heavy atom. The zero-order chi connectivity index (χ0) is 15.9. The van der Waals surface area contributed by atoms with Crippen LogP contribution < -0.4 is 0 Å². The van der Waals surface area contributed by atoms with Crippen LogP contribution in [0, 0.1) is 0 Å². The number of hydrogen-bond donors (Lipinski definition) is 2. The highest BCUT2D eigenvalue weighted by molar-refractivity contribution is 5.86. The minimum atomic E-state index is -0.570. The zero-order valence-electron chi connectivity index (χ0n) is 12.3. The molecule has 0 saturated carbocycles. The normalized spacial score (nSPS) is 19.5. The van der Waals surface area contributed by atoms with Crippen molar-refractivity contribution in [2.24, 2.45) is 4.99 Å². The zero-order valence-corrected chi connectivity index (χ0v) is 12.3. The quantitative estimate of drug-likeness (QED) is 0.747. The lowest BCUT2D eigenvalue weighted by Crippen LogP contribution is -2.20. The highest BCUT2D eigenvalue weighted by Gasteiger charge is 2.32. The van der Waals surface area contributed by atoms with Gasteiger partial charge in [-0.15, -0.1) is 0 Å². The molecule has 0 bridgehead atoms. The van der Waals surface area contributed by atoms with Crippen LogP contribution in [0.5, 0.6) is 11.5 Å². The van der Waals surface area contributed by atoms with Gasteiger partial charge in [0.25, 0.3) is 0 Å². The summed E-state index contributed by atoms with van der Waals surface area (Å²) >= 11 is 0. The van der Waals surface area contributed by atoms with Crippen LogP contribution in [0.4, 0.5) is 0 Å². The van der Waals surface area contributed by atoms with Gasteiger partial charge in [0.15, 0.2) is 0 Å². The molecule has 1 aliphatic heterocycles. The molecule has 3 heteroatoms. The molecule has 1 unspecified atom stereocenters. The molecule has 0 aliphatic carbocycles. The summed E-state index contributed by atoms with van der Waals surface area (Å²) in [5.41, 5.74) is 1.48. The van der Waals surface area contributed by atoms with E-state index >= 15 is 0 Å². The van der Waals surface area contributed by atoms with Crippen molar-refractivity contribution in [3.63, 3.8) is 0 Å². The summed E-state index contributed by atoms with van der Waals surface area (Å²) in [4.78, 5) is 4.69. The fourth-order valence-corrected chi connectivity index (χ4v) is 3.08. The lowest BCUT2D eigenvalue weighted by molar-refractivity contribution is 0.474. The summed E-state index contributed by atoms with van der Waals surface area (Å²) in [5, 5.41) is 21.2. The topological polar surface area (TPSA) is 52.8 Å². The number of fused-ring (bicyclic) bond motifs is 1. The predicted octanol–water partition coefficient (Wildman–Crippen LogP) is 4.14. The Hall–Kier alpha value is -3.07. The lowest BCUT2D eigenvalue weighted by atomic mass is 9.83. The molecule has 1 atom stereocenters. The van der Waals surface area contributed by atoms with Crippen molar-refractivity contribution in [2.45, 2.75) is 5.54 Å². The van der Waals surface area contributed by atoms with Gasteiger partial charge in [-0.25, -0.2) is 0 Å². The van der Waals surface area contributed by atoms with Gasteiger partial charge in [0, 0.05) is 6.21 Å². The highest BCUT2D eigenvalue weighted by Crippen LogP contribution is 2.39. The Bertz CT molecular complexity index is 928. The van der Waals surface area contributed by atoms with Crippen molar-refractivity contribution >= 4 is 17.0 Å². The molecular weight excluding hydrogens is 286 g/mol. The third kappa shape index (κ3) is 2.18.